The fourth-order valence-corrected chi connectivity index (χ4v) is 1.90. The lowest BCUT2D eigenvalue weighted by atomic mass is 10.1. The maximum absolute atomic E-state index is 11.9. The van der Waals surface area contributed by atoms with Crippen molar-refractivity contribution in [2.75, 3.05) is 6.54 Å². The first-order chi connectivity index (χ1) is 9.79. The summed E-state index contributed by atoms with van der Waals surface area (Å²) in [5.41, 5.74) is 0.983. The smallest absolute Gasteiger partial charge is 0.303 e. The fraction of sp³-hybridized carbons (Fsp3) is 0.467. The van der Waals surface area contributed by atoms with Crippen molar-refractivity contribution in [2.45, 2.75) is 33.3 Å². The summed E-state index contributed by atoms with van der Waals surface area (Å²) in [5.74, 6) is -0.864. The Morgan fingerprint density at radius 3 is 2.67 bits per heavy atom. The van der Waals surface area contributed by atoms with E-state index >= 15 is 0 Å². The Morgan fingerprint density at radius 1 is 1.38 bits per heavy atom. The standard InChI is InChI=1S/C15H20ClNO4/c1-9-4-5-12(16)13(6-9)21-11(3)15(20)17-8-10(2)7-14(18)19/h4-6,10-11H,7-8H2,1-3H3,(H,17,20)(H,18,19). The average molecular weight is 314 g/mol. The van der Waals surface area contributed by atoms with Gasteiger partial charge in [0.2, 0.25) is 0 Å². The molecule has 1 aromatic rings. The first-order valence-electron chi connectivity index (χ1n) is 6.72. The maximum atomic E-state index is 11.9. The Balaban J connectivity index is 2.51. The molecule has 116 valence electrons. The quantitative estimate of drug-likeness (QED) is 0.811. The number of aryl methyl sites for hydroxylation is 1. The van der Waals surface area contributed by atoms with Crippen LogP contribution in [0.2, 0.25) is 5.02 Å². The van der Waals surface area contributed by atoms with Gasteiger partial charge in [-0.3, -0.25) is 9.59 Å². The zero-order valence-electron chi connectivity index (χ0n) is 12.4. The normalized spacial score (nSPS) is 13.3. The molecule has 0 bridgehead atoms. The number of ether oxygens (including phenoxy) is 1. The largest absolute Gasteiger partial charge is 0.481 e. The molecular formula is C15H20ClNO4. The second kappa shape index (κ2) is 7.88. The van der Waals surface area contributed by atoms with Gasteiger partial charge >= 0.3 is 5.97 Å². The molecule has 0 aliphatic heterocycles. The molecule has 0 aromatic heterocycles. The number of carboxylic acids is 1. The lowest BCUT2D eigenvalue weighted by Gasteiger charge is -2.17. The third-order valence-electron chi connectivity index (χ3n) is 2.91. The van der Waals surface area contributed by atoms with Gasteiger partial charge in [-0.2, -0.15) is 0 Å². The molecule has 5 nitrogen and oxygen atoms in total. The van der Waals surface area contributed by atoms with Gasteiger partial charge in [-0.05, 0) is 37.5 Å². The number of aliphatic carboxylic acids is 1. The number of benzene rings is 1. The fourth-order valence-electron chi connectivity index (χ4n) is 1.73. The summed E-state index contributed by atoms with van der Waals surface area (Å²) < 4.78 is 5.54. The van der Waals surface area contributed by atoms with Gasteiger partial charge in [0, 0.05) is 13.0 Å². The Labute approximate surface area is 129 Å². The van der Waals surface area contributed by atoms with Crippen LogP contribution in [0.1, 0.15) is 25.8 Å². The van der Waals surface area contributed by atoms with E-state index in [1.54, 1.807) is 26.0 Å². The molecule has 0 spiro atoms. The summed E-state index contributed by atoms with van der Waals surface area (Å²) in [6.45, 7) is 5.58. The van der Waals surface area contributed by atoms with Crippen molar-refractivity contribution in [2.24, 2.45) is 5.92 Å². The predicted molar refractivity (Wildman–Crippen MR) is 80.7 cm³/mol. The number of carbonyl (C=O) groups is 2. The zero-order chi connectivity index (χ0) is 16.0. The summed E-state index contributed by atoms with van der Waals surface area (Å²) in [6, 6.07) is 5.33. The highest BCUT2D eigenvalue weighted by molar-refractivity contribution is 6.32. The molecule has 1 aromatic carbocycles. The van der Waals surface area contributed by atoms with E-state index in [-0.39, 0.29) is 18.2 Å². The molecule has 2 N–H and O–H groups in total. The Bertz CT molecular complexity index is 518. The summed E-state index contributed by atoms with van der Waals surface area (Å²) in [7, 11) is 0. The number of carboxylic acid groups (broad SMARTS) is 1. The Hall–Kier alpha value is -1.75. The van der Waals surface area contributed by atoms with Crippen molar-refractivity contribution < 1.29 is 19.4 Å². The molecular weight excluding hydrogens is 294 g/mol. The molecule has 0 fully saturated rings. The monoisotopic (exact) mass is 313 g/mol. The molecule has 0 aliphatic rings. The van der Waals surface area contributed by atoms with Crippen LogP contribution in [0.3, 0.4) is 0 Å². The highest BCUT2D eigenvalue weighted by Crippen LogP contribution is 2.26. The molecule has 2 unspecified atom stereocenters. The van der Waals surface area contributed by atoms with Crippen molar-refractivity contribution >= 4 is 23.5 Å². The van der Waals surface area contributed by atoms with Gasteiger partial charge in [-0.15, -0.1) is 0 Å². The van der Waals surface area contributed by atoms with Gasteiger partial charge in [0.15, 0.2) is 6.10 Å². The molecule has 6 heteroatoms. The molecule has 0 saturated heterocycles. The summed E-state index contributed by atoms with van der Waals surface area (Å²) in [4.78, 5) is 22.5. The Kier molecular flexibility index (Phi) is 6.49. The zero-order valence-corrected chi connectivity index (χ0v) is 13.1. The van der Waals surface area contributed by atoms with E-state index in [9.17, 15) is 9.59 Å². The van der Waals surface area contributed by atoms with Gasteiger partial charge in [-0.25, -0.2) is 0 Å². The van der Waals surface area contributed by atoms with Crippen molar-refractivity contribution in [1.82, 2.24) is 5.32 Å². The van der Waals surface area contributed by atoms with Gasteiger partial charge in [0.25, 0.3) is 5.91 Å². The van der Waals surface area contributed by atoms with Gasteiger partial charge in [-0.1, -0.05) is 24.6 Å². The number of nitrogens with one attached hydrogen (secondary N) is 1. The lowest BCUT2D eigenvalue weighted by Crippen LogP contribution is -2.38. The molecule has 21 heavy (non-hydrogen) atoms. The number of amides is 1. The van der Waals surface area contributed by atoms with Crippen LogP contribution in [0.4, 0.5) is 0 Å². The summed E-state index contributed by atoms with van der Waals surface area (Å²) in [5, 5.41) is 11.8. The number of rotatable bonds is 7. The van der Waals surface area contributed by atoms with Crippen LogP contribution < -0.4 is 10.1 Å². The van der Waals surface area contributed by atoms with E-state index in [1.807, 2.05) is 13.0 Å². The molecule has 1 rings (SSSR count). The van der Waals surface area contributed by atoms with Crippen LogP contribution in [0, 0.1) is 12.8 Å². The highest BCUT2D eigenvalue weighted by Gasteiger charge is 2.17. The number of halogens is 1. The minimum absolute atomic E-state index is 0.0131. The first-order valence-corrected chi connectivity index (χ1v) is 7.09. The minimum atomic E-state index is -0.882. The topological polar surface area (TPSA) is 75.6 Å². The number of hydrogen-bond donors (Lipinski definition) is 2. The number of hydrogen-bond acceptors (Lipinski definition) is 3. The van der Waals surface area contributed by atoms with Gasteiger partial charge in [0.1, 0.15) is 5.75 Å². The van der Waals surface area contributed by atoms with E-state index in [0.29, 0.717) is 17.3 Å². The first kappa shape index (κ1) is 17.3. The second-order valence-electron chi connectivity index (χ2n) is 5.14. The lowest BCUT2D eigenvalue weighted by molar-refractivity contribution is -0.138. The predicted octanol–water partition coefficient (Wildman–Crippen LogP) is 2.64. The van der Waals surface area contributed by atoms with E-state index in [4.69, 9.17) is 21.4 Å². The van der Waals surface area contributed by atoms with Crippen molar-refractivity contribution in [3.8, 4) is 5.75 Å². The third kappa shape index (κ3) is 6.04. The molecule has 1 amide bonds. The van der Waals surface area contributed by atoms with Crippen LogP contribution in [0.25, 0.3) is 0 Å². The molecule has 0 aliphatic carbocycles. The van der Waals surface area contributed by atoms with E-state index in [1.165, 1.54) is 0 Å². The van der Waals surface area contributed by atoms with E-state index in [2.05, 4.69) is 5.32 Å². The van der Waals surface area contributed by atoms with Crippen LogP contribution >= 0.6 is 11.6 Å². The SMILES string of the molecule is Cc1ccc(Cl)c(OC(C)C(=O)NCC(C)CC(=O)O)c1. The second-order valence-corrected chi connectivity index (χ2v) is 5.55. The maximum Gasteiger partial charge on any atom is 0.303 e. The van der Waals surface area contributed by atoms with Gasteiger partial charge < -0.3 is 15.2 Å². The van der Waals surface area contributed by atoms with Crippen LogP contribution in [-0.4, -0.2) is 29.6 Å². The minimum Gasteiger partial charge on any atom is -0.481 e. The Morgan fingerprint density at radius 2 is 2.05 bits per heavy atom. The molecule has 0 radical (unpaired) electrons. The van der Waals surface area contributed by atoms with Crippen molar-refractivity contribution in [1.29, 1.82) is 0 Å². The average Bonchev–Trinajstić information content (AvgIpc) is 2.39. The van der Waals surface area contributed by atoms with Crippen molar-refractivity contribution in [3.63, 3.8) is 0 Å². The van der Waals surface area contributed by atoms with E-state index < -0.39 is 12.1 Å². The summed E-state index contributed by atoms with van der Waals surface area (Å²) in [6.07, 6.45) is -0.694. The van der Waals surface area contributed by atoms with E-state index in [0.717, 1.165) is 5.56 Å². The van der Waals surface area contributed by atoms with Crippen LogP contribution in [0.5, 0.6) is 5.75 Å². The highest BCUT2D eigenvalue weighted by atomic mass is 35.5. The molecule has 0 heterocycles. The molecule has 2 atom stereocenters. The third-order valence-corrected chi connectivity index (χ3v) is 3.22. The van der Waals surface area contributed by atoms with Gasteiger partial charge in [0.05, 0.1) is 5.02 Å². The van der Waals surface area contributed by atoms with Crippen molar-refractivity contribution in [3.05, 3.63) is 28.8 Å². The van der Waals surface area contributed by atoms with Crippen LogP contribution in [-0.2, 0) is 9.59 Å². The number of carbonyl (C=O) groups excluding carboxylic acids is 1. The molecule has 0 saturated carbocycles. The van der Waals surface area contributed by atoms with Crippen LogP contribution in [0.15, 0.2) is 18.2 Å². The summed E-state index contributed by atoms with van der Waals surface area (Å²) >= 11 is 6.01.